The normalized spacial score (nSPS) is 25.9. The van der Waals surface area contributed by atoms with Gasteiger partial charge in [-0.15, -0.1) is 0 Å². The number of aromatic hydroxyl groups is 1. The number of carbonyl (C=O) groups excluding carboxylic acids is 4. The zero-order chi connectivity index (χ0) is 40.0. The minimum absolute atomic E-state index is 0.0729. The Morgan fingerprint density at radius 2 is 1.66 bits per heavy atom. The third kappa shape index (κ3) is 5.57. The Bertz CT molecular complexity index is 2390. The Hall–Kier alpha value is -5.11. The van der Waals surface area contributed by atoms with Gasteiger partial charge in [0.1, 0.15) is 0 Å². The number of para-hydroxylation sites is 1. The van der Waals surface area contributed by atoms with Crippen LogP contribution < -0.4 is 15.1 Å². The predicted octanol–water partition coefficient (Wildman–Crippen LogP) is 8.27. The Morgan fingerprint density at radius 1 is 0.929 bits per heavy atom. The molecule has 2 aliphatic carbocycles. The highest BCUT2D eigenvalue weighted by atomic mass is 35.5. The summed E-state index contributed by atoms with van der Waals surface area (Å²) in [7, 11) is 1.36. The maximum Gasteiger partial charge on any atom is 0.417 e. The van der Waals surface area contributed by atoms with Crippen LogP contribution in [-0.2, 0) is 30.8 Å². The molecule has 2 saturated heterocycles. The average Bonchev–Trinajstić information content (AvgIpc) is 3.54. The van der Waals surface area contributed by atoms with Gasteiger partial charge in [0.25, 0.3) is 11.8 Å². The maximum atomic E-state index is 15.3. The van der Waals surface area contributed by atoms with Gasteiger partial charge in [-0.3, -0.25) is 24.6 Å². The van der Waals surface area contributed by atoms with Crippen LogP contribution in [0.4, 0.5) is 24.7 Å². The highest BCUT2D eigenvalue weighted by Gasteiger charge is 2.71. The van der Waals surface area contributed by atoms with Crippen molar-refractivity contribution in [1.82, 2.24) is 9.99 Å². The van der Waals surface area contributed by atoms with Crippen LogP contribution in [0.2, 0.25) is 15.1 Å². The third-order valence-electron chi connectivity index (χ3n) is 11.5. The number of rotatable bonds is 6. The number of phenolic OH excluding ortho intramolecular Hbond substituents is 1. The molecule has 1 aromatic heterocycles. The Labute approximate surface area is 332 Å². The first-order valence-electron chi connectivity index (χ1n) is 17.4. The van der Waals surface area contributed by atoms with Crippen molar-refractivity contribution in [3.63, 3.8) is 0 Å². The SMILES string of the molecule is COc1cccc(C2C3=CCC4C(=O)N(c5ccc(C)c(Cl)c5)C(=O)C4C3CC3C(=O)N(Nc4ncc(C(F)(F)F)cc4Cl)C(=O)C32c2ccc(Cl)cc2)c1O. The van der Waals surface area contributed by atoms with E-state index in [1.54, 1.807) is 61.5 Å². The van der Waals surface area contributed by atoms with E-state index in [1.165, 1.54) is 13.2 Å². The predicted molar refractivity (Wildman–Crippen MR) is 200 cm³/mol. The molecule has 8 rings (SSSR count). The molecule has 3 heterocycles. The minimum Gasteiger partial charge on any atom is -0.504 e. The minimum atomic E-state index is -4.77. The fraction of sp³-hybridized carbons (Fsp3) is 0.275. The topological polar surface area (TPSA) is 129 Å². The van der Waals surface area contributed by atoms with Crippen molar-refractivity contribution in [2.45, 2.75) is 37.3 Å². The number of carbonyl (C=O) groups is 4. The molecule has 2 N–H and O–H groups in total. The fourth-order valence-corrected chi connectivity index (χ4v) is 9.55. The van der Waals surface area contributed by atoms with Crippen LogP contribution >= 0.6 is 34.8 Å². The summed E-state index contributed by atoms with van der Waals surface area (Å²) in [6, 6.07) is 16.5. The van der Waals surface area contributed by atoms with Gasteiger partial charge in [0.15, 0.2) is 17.3 Å². The third-order valence-corrected chi connectivity index (χ3v) is 12.5. The molecule has 1 saturated carbocycles. The number of hydrazine groups is 1. The van der Waals surface area contributed by atoms with Crippen molar-refractivity contribution in [3.8, 4) is 11.5 Å². The van der Waals surface area contributed by atoms with Gasteiger partial charge in [0, 0.05) is 27.7 Å². The van der Waals surface area contributed by atoms with Gasteiger partial charge < -0.3 is 9.84 Å². The van der Waals surface area contributed by atoms with Gasteiger partial charge in [0.05, 0.1) is 46.6 Å². The number of hydrogen-bond acceptors (Lipinski definition) is 8. The number of imide groups is 2. The van der Waals surface area contributed by atoms with E-state index < -0.39 is 81.2 Å². The number of anilines is 2. The highest BCUT2D eigenvalue weighted by molar-refractivity contribution is 6.33. The van der Waals surface area contributed by atoms with Gasteiger partial charge in [-0.2, -0.15) is 18.2 Å². The molecule has 4 aliphatic rings. The van der Waals surface area contributed by atoms with Crippen LogP contribution in [0.15, 0.2) is 84.6 Å². The molecule has 288 valence electrons. The van der Waals surface area contributed by atoms with E-state index in [-0.39, 0.29) is 29.9 Å². The summed E-state index contributed by atoms with van der Waals surface area (Å²) >= 11 is 19.0. The Balaban J connectivity index is 1.32. The number of amides is 4. The first-order valence-corrected chi connectivity index (χ1v) is 18.6. The second-order valence-corrected chi connectivity index (χ2v) is 15.5. The molecule has 6 atom stereocenters. The first kappa shape index (κ1) is 37.8. The second kappa shape index (κ2) is 13.5. The van der Waals surface area contributed by atoms with E-state index in [0.717, 1.165) is 10.5 Å². The highest BCUT2D eigenvalue weighted by Crippen LogP contribution is 2.65. The van der Waals surface area contributed by atoms with Crippen LogP contribution in [0.25, 0.3) is 0 Å². The largest absolute Gasteiger partial charge is 0.504 e. The van der Waals surface area contributed by atoms with Gasteiger partial charge >= 0.3 is 6.18 Å². The summed E-state index contributed by atoms with van der Waals surface area (Å²) < 4.78 is 46.0. The van der Waals surface area contributed by atoms with E-state index in [0.29, 0.717) is 44.1 Å². The van der Waals surface area contributed by atoms with E-state index in [2.05, 4.69) is 10.4 Å². The standard InChI is InChI=1S/C40H30Cl3F3N4O6/c1-18-6-11-22(15-28(18)42)49-35(52)24-13-12-23-26(31(24)37(49)54)16-27-36(53)50(48-34-29(43)14-20(17-47-34)40(44,45)46)38(55)39(27,19-7-9-21(41)10-8-19)32(23)25-4-3-5-30(56-2)33(25)51/h3-12,14-15,17,24,26-27,31-32,51H,13,16H2,1-2H3,(H,47,48). The molecule has 0 radical (unpaired) electrons. The fourth-order valence-electron chi connectivity index (χ4n) is 9.04. The molecular formula is C40H30Cl3F3N4O6. The summed E-state index contributed by atoms with van der Waals surface area (Å²) in [4.78, 5) is 63.8. The lowest BCUT2D eigenvalue weighted by Gasteiger charge is -2.50. The van der Waals surface area contributed by atoms with Crippen molar-refractivity contribution in [2.75, 3.05) is 17.4 Å². The number of nitrogens with zero attached hydrogens (tertiary/aromatic N) is 3. The van der Waals surface area contributed by atoms with Crippen molar-refractivity contribution < 1.29 is 42.2 Å². The number of alkyl halides is 3. The molecule has 16 heteroatoms. The van der Waals surface area contributed by atoms with E-state index in [9.17, 15) is 32.7 Å². The van der Waals surface area contributed by atoms with Crippen molar-refractivity contribution in [1.29, 1.82) is 0 Å². The number of hydrogen-bond donors (Lipinski definition) is 2. The molecule has 10 nitrogen and oxygen atoms in total. The molecule has 3 fully saturated rings. The van der Waals surface area contributed by atoms with Gasteiger partial charge in [0.2, 0.25) is 11.8 Å². The molecule has 6 unspecified atom stereocenters. The number of aryl methyl sites for hydroxylation is 1. The Morgan fingerprint density at radius 3 is 2.32 bits per heavy atom. The molecule has 2 aliphatic heterocycles. The average molecular weight is 826 g/mol. The van der Waals surface area contributed by atoms with Crippen molar-refractivity contribution >= 4 is 69.9 Å². The molecule has 3 aromatic carbocycles. The van der Waals surface area contributed by atoms with E-state index >= 15 is 4.79 Å². The number of pyridine rings is 1. The van der Waals surface area contributed by atoms with E-state index in [4.69, 9.17) is 39.5 Å². The van der Waals surface area contributed by atoms with Crippen LogP contribution in [0.5, 0.6) is 11.5 Å². The quantitative estimate of drug-likeness (QED) is 0.147. The van der Waals surface area contributed by atoms with Crippen LogP contribution in [-0.4, -0.2) is 45.8 Å². The smallest absolute Gasteiger partial charge is 0.417 e. The van der Waals surface area contributed by atoms with Gasteiger partial charge in [-0.1, -0.05) is 76.8 Å². The number of ether oxygens (including phenoxy) is 1. The zero-order valence-corrected chi connectivity index (χ0v) is 31.7. The summed E-state index contributed by atoms with van der Waals surface area (Å²) in [5, 5.41) is 12.7. The lowest BCUT2D eigenvalue weighted by molar-refractivity contribution is -0.139. The molecular weight excluding hydrogens is 796 g/mol. The zero-order valence-electron chi connectivity index (χ0n) is 29.4. The molecule has 4 aromatic rings. The van der Waals surface area contributed by atoms with Crippen molar-refractivity contribution in [2.24, 2.45) is 23.7 Å². The van der Waals surface area contributed by atoms with Gasteiger partial charge in [-0.25, -0.2) is 9.88 Å². The summed E-state index contributed by atoms with van der Waals surface area (Å²) in [6.07, 6.45) is -2.43. The van der Waals surface area contributed by atoms with Crippen LogP contribution in [0, 0.1) is 30.6 Å². The number of allylic oxidation sites excluding steroid dienone is 2. The van der Waals surface area contributed by atoms with Gasteiger partial charge in [-0.05, 0) is 73.2 Å². The van der Waals surface area contributed by atoms with Crippen LogP contribution in [0.1, 0.15) is 41.0 Å². The number of phenols is 1. The molecule has 4 amide bonds. The molecule has 0 bridgehead atoms. The number of nitrogens with one attached hydrogen (secondary N) is 1. The second-order valence-electron chi connectivity index (χ2n) is 14.3. The summed E-state index contributed by atoms with van der Waals surface area (Å²) in [5.74, 6) is -8.18. The maximum absolute atomic E-state index is 15.3. The number of halogens is 6. The summed E-state index contributed by atoms with van der Waals surface area (Å²) in [6.45, 7) is 1.79. The first-order chi connectivity index (χ1) is 26.6. The van der Waals surface area contributed by atoms with Crippen molar-refractivity contribution in [3.05, 3.63) is 122 Å². The molecule has 56 heavy (non-hydrogen) atoms. The number of aromatic nitrogens is 1. The lowest BCUT2D eigenvalue weighted by atomic mass is 9.49. The number of benzene rings is 3. The Kier molecular flexibility index (Phi) is 9.13. The lowest BCUT2D eigenvalue weighted by Crippen LogP contribution is -2.53. The summed E-state index contributed by atoms with van der Waals surface area (Å²) in [5.41, 5.74) is 1.72. The van der Waals surface area contributed by atoms with Crippen LogP contribution in [0.3, 0.4) is 0 Å². The number of fused-ring (bicyclic) bond motifs is 4. The monoisotopic (exact) mass is 824 g/mol. The molecule has 0 spiro atoms. The van der Waals surface area contributed by atoms with E-state index in [1.807, 2.05) is 6.08 Å². The number of methoxy groups -OCH3 is 1.